The standard InChI is InChI=1S/C32H37N5O3Si/c1-6-37-28-13-10-18-33-31(28)30(35-37)24-16-14-23(15-17-24)25(21-29(38)40-7-2)32-34-26-11-8-9-12-27(26)36(32)22-39-19-20-41(3,4)5/h8-18,21H,6-7,19-20,22H2,1-5H3. The van der Waals surface area contributed by atoms with Crippen molar-refractivity contribution in [1.82, 2.24) is 24.3 Å². The fourth-order valence-electron chi connectivity index (χ4n) is 4.78. The van der Waals surface area contributed by atoms with E-state index in [0.29, 0.717) is 24.7 Å². The zero-order valence-corrected chi connectivity index (χ0v) is 25.4. The summed E-state index contributed by atoms with van der Waals surface area (Å²) in [6.45, 7) is 12.9. The van der Waals surface area contributed by atoms with E-state index in [4.69, 9.17) is 19.6 Å². The zero-order valence-electron chi connectivity index (χ0n) is 24.4. The Kier molecular flexibility index (Phi) is 8.46. The number of pyridine rings is 1. The van der Waals surface area contributed by atoms with Gasteiger partial charge in [-0.1, -0.05) is 56.0 Å². The van der Waals surface area contributed by atoms with Gasteiger partial charge in [0.2, 0.25) is 0 Å². The lowest BCUT2D eigenvalue weighted by atomic mass is 10.0. The Balaban J connectivity index is 1.56. The van der Waals surface area contributed by atoms with Gasteiger partial charge in [-0.2, -0.15) is 5.10 Å². The normalized spacial score (nSPS) is 12.4. The summed E-state index contributed by atoms with van der Waals surface area (Å²) in [7, 11) is -1.24. The van der Waals surface area contributed by atoms with Crippen LogP contribution in [0.3, 0.4) is 0 Å². The Morgan fingerprint density at radius 1 is 0.976 bits per heavy atom. The van der Waals surface area contributed by atoms with Crippen molar-refractivity contribution in [3.05, 3.63) is 84.3 Å². The number of esters is 1. The van der Waals surface area contributed by atoms with Crippen LogP contribution in [0, 0.1) is 0 Å². The van der Waals surface area contributed by atoms with Gasteiger partial charge in [-0.15, -0.1) is 0 Å². The maximum Gasteiger partial charge on any atom is 0.331 e. The second-order valence-corrected chi connectivity index (χ2v) is 16.7. The SMILES string of the molecule is CCOC(=O)C=C(c1ccc(-c2nn(CC)c3cccnc23)cc1)c1nc2ccccc2n1COCC[Si](C)(C)C. The summed E-state index contributed by atoms with van der Waals surface area (Å²) >= 11 is 0. The van der Waals surface area contributed by atoms with E-state index in [-0.39, 0.29) is 6.61 Å². The minimum atomic E-state index is -1.24. The molecule has 0 aliphatic heterocycles. The predicted molar refractivity (Wildman–Crippen MR) is 166 cm³/mol. The Labute approximate surface area is 241 Å². The van der Waals surface area contributed by atoms with Crippen molar-refractivity contribution in [2.75, 3.05) is 13.2 Å². The summed E-state index contributed by atoms with van der Waals surface area (Å²) in [5.74, 6) is 0.240. The molecule has 9 heteroatoms. The number of para-hydroxylation sites is 2. The lowest BCUT2D eigenvalue weighted by molar-refractivity contribution is -0.137. The number of nitrogens with zero attached hydrogens (tertiary/aromatic N) is 5. The number of rotatable bonds is 11. The smallest absolute Gasteiger partial charge is 0.331 e. The predicted octanol–water partition coefficient (Wildman–Crippen LogP) is 6.78. The van der Waals surface area contributed by atoms with Gasteiger partial charge in [0.15, 0.2) is 0 Å². The lowest BCUT2D eigenvalue weighted by Crippen LogP contribution is -2.22. The maximum atomic E-state index is 12.8. The Bertz CT molecular complexity index is 1700. The average Bonchev–Trinajstić information content (AvgIpc) is 3.52. The van der Waals surface area contributed by atoms with E-state index < -0.39 is 14.0 Å². The summed E-state index contributed by atoms with van der Waals surface area (Å²) in [4.78, 5) is 22.3. The summed E-state index contributed by atoms with van der Waals surface area (Å²) in [5.41, 5.74) is 6.93. The van der Waals surface area contributed by atoms with E-state index >= 15 is 0 Å². The van der Waals surface area contributed by atoms with Crippen molar-refractivity contribution in [3.8, 4) is 11.3 Å². The second-order valence-electron chi connectivity index (χ2n) is 11.1. The Morgan fingerprint density at radius 3 is 2.46 bits per heavy atom. The molecule has 0 fully saturated rings. The van der Waals surface area contributed by atoms with Crippen molar-refractivity contribution < 1.29 is 14.3 Å². The quantitative estimate of drug-likeness (QED) is 0.0758. The molecule has 8 nitrogen and oxygen atoms in total. The first-order valence-electron chi connectivity index (χ1n) is 14.1. The number of imidazole rings is 1. The van der Waals surface area contributed by atoms with E-state index in [2.05, 4.69) is 31.5 Å². The van der Waals surface area contributed by atoms with Gasteiger partial charge < -0.3 is 9.47 Å². The molecule has 3 aromatic heterocycles. The van der Waals surface area contributed by atoms with Crippen LogP contribution in [-0.2, 0) is 27.5 Å². The number of aryl methyl sites for hydroxylation is 1. The Hall–Kier alpha value is -4.08. The third-order valence-electron chi connectivity index (χ3n) is 6.94. The van der Waals surface area contributed by atoms with Crippen molar-refractivity contribution in [2.45, 2.75) is 52.8 Å². The third kappa shape index (κ3) is 6.31. The molecule has 5 aromatic rings. The highest BCUT2D eigenvalue weighted by molar-refractivity contribution is 6.76. The third-order valence-corrected chi connectivity index (χ3v) is 8.64. The Morgan fingerprint density at radius 2 is 1.73 bits per heavy atom. The van der Waals surface area contributed by atoms with Crippen LogP contribution in [0.4, 0.5) is 0 Å². The van der Waals surface area contributed by atoms with Gasteiger partial charge in [-0.25, -0.2) is 9.78 Å². The molecule has 41 heavy (non-hydrogen) atoms. The average molecular weight is 568 g/mol. The van der Waals surface area contributed by atoms with Gasteiger partial charge >= 0.3 is 5.97 Å². The molecule has 0 atom stereocenters. The van der Waals surface area contributed by atoms with Gasteiger partial charge in [-0.05, 0) is 49.7 Å². The van der Waals surface area contributed by atoms with Gasteiger partial charge in [0.1, 0.15) is 23.8 Å². The summed E-state index contributed by atoms with van der Waals surface area (Å²) in [6.07, 6.45) is 3.32. The van der Waals surface area contributed by atoms with E-state index in [1.807, 2.05) is 69.9 Å². The molecule has 0 amide bonds. The number of fused-ring (bicyclic) bond motifs is 2. The van der Waals surface area contributed by atoms with E-state index in [9.17, 15) is 4.79 Å². The molecule has 5 rings (SSSR count). The van der Waals surface area contributed by atoms with Crippen molar-refractivity contribution in [1.29, 1.82) is 0 Å². The van der Waals surface area contributed by atoms with Crippen molar-refractivity contribution in [3.63, 3.8) is 0 Å². The molecule has 0 saturated carbocycles. The molecule has 0 unspecified atom stereocenters. The summed E-state index contributed by atoms with van der Waals surface area (Å²) in [6, 6.07) is 21.0. The molecule has 3 heterocycles. The highest BCUT2D eigenvalue weighted by Crippen LogP contribution is 2.31. The van der Waals surface area contributed by atoms with E-state index in [0.717, 1.165) is 51.5 Å². The molecule has 0 radical (unpaired) electrons. The fourth-order valence-corrected chi connectivity index (χ4v) is 5.53. The summed E-state index contributed by atoms with van der Waals surface area (Å²) in [5, 5.41) is 4.82. The minimum Gasteiger partial charge on any atom is -0.463 e. The largest absolute Gasteiger partial charge is 0.463 e. The zero-order chi connectivity index (χ0) is 29.0. The van der Waals surface area contributed by atoms with E-state index in [1.54, 1.807) is 13.1 Å². The molecule has 0 aliphatic rings. The highest BCUT2D eigenvalue weighted by Gasteiger charge is 2.20. The first-order chi connectivity index (χ1) is 19.8. The number of carbonyl (C=O) groups is 1. The van der Waals surface area contributed by atoms with Crippen LogP contribution < -0.4 is 0 Å². The number of aromatic nitrogens is 5. The number of hydrogen-bond acceptors (Lipinski definition) is 6. The van der Waals surface area contributed by atoms with Gasteiger partial charge in [-0.3, -0.25) is 14.2 Å². The second kappa shape index (κ2) is 12.2. The molecule has 0 saturated heterocycles. The van der Waals surface area contributed by atoms with Crippen LogP contribution in [0.5, 0.6) is 0 Å². The number of ether oxygens (including phenoxy) is 2. The first kappa shape index (κ1) is 28.4. The van der Waals surface area contributed by atoms with Crippen LogP contribution in [0.1, 0.15) is 25.2 Å². The van der Waals surface area contributed by atoms with Crippen LogP contribution in [0.2, 0.25) is 25.7 Å². The molecule has 0 bridgehead atoms. The van der Waals surface area contributed by atoms with Crippen LogP contribution >= 0.6 is 0 Å². The molecular formula is C32H37N5O3Si. The monoisotopic (exact) mass is 567 g/mol. The van der Waals surface area contributed by atoms with Gasteiger partial charge in [0.05, 0.1) is 23.2 Å². The van der Waals surface area contributed by atoms with E-state index in [1.165, 1.54) is 6.08 Å². The van der Waals surface area contributed by atoms with Gasteiger partial charge in [0.25, 0.3) is 0 Å². The van der Waals surface area contributed by atoms with Crippen LogP contribution in [0.15, 0.2) is 72.9 Å². The molecule has 0 spiro atoms. The number of benzene rings is 2. The fraction of sp³-hybridized carbons (Fsp3) is 0.312. The number of carbonyl (C=O) groups excluding carboxylic acids is 1. The molecular weight excluding hydrogens is 530 g/mol. The molecule has 212 valence electrons. The molecule has 0 N–H and O–H groups in total. The highest BCUT2D eigenvalue weighted by atomic mass is 28.3. The molecule has 2 aromatic carbocycles. The summed E-state index contributed by atoms with van der Waals surface area (Å²) < 4.78 is 15.5. The topological polar surface area (TPSA) is 84.1 Å². The first-order valence-corrected chi connectivity index (χ1v) is 17.8. The van der Waals surface area contributed by atoms with Crippen LogP contribution in [-0.4, -0.2) is 51.6 Å². The van der Waals surface area contributed by atoms with Crippen molar-refractivity contribution in [2.24, 2.45) is 0 Å². The van der Waals surface area contributed by atoms with Gasteiger partial charge in [0, 0.05) is 44.6 Å². The molecule has 0 aliphatic carbocycles. The number of hydrogen-bond donors (Lipinski definition) is 0. The van der Waals surface area contributed by atoms with Crippen molar-refractivity contribution >= 4 is 41.7 Å². The lowest BCUT2D eigenvalue weighted by Gasteiger charge is -2.17. The minimum absolute atomic E-state index is 0.290. The maximum absolute atomic E-state index is 12.8. The van der Waals surface area contributed by atoms with Crippen LogP contribution in [0.25, 0.3) is 38.9 Å².